The van der Waals surface area contributed by atoms with E-state index in [9.17, 15) is 0 Å². The topological polar surface area (TPSA) is 28.2 Å². The Balaban J connectivity index is 1.78. The summed E-state index contributed by atoms with van der Waals surface area (Å²) in [7, 11) is 0. The van der Waals surface area contributed by atoms with Gasteiger partial charge in [-0.1, -0.05) is 12.1 Å². The van der Waals surface area contributed by atoms with Crippen LogP contribution in [0.1, 0.15) is 16.5 Å². The molecule has 0 aliphatic carbocycles. The lowest BCUT2D eigenvalue weighted by Crippen LogP contribution is -2.45. The minimum absolute atomic E-state index is 0.325. The standard InChI is InChI=1S/C18H18BrN3S/c19-17-4-3-16(23-17)18(22-9-7-20-8-10-22)14-1-2-15-12-21-6-5-13(15)11-14/h1-6,11-12,18,20H,7-10H2. The molecule has 1 atom stereocenters. The Labute approximate surface area is 148 Å². The normalized spacial score (nSPS) is 17.4. The number of nitrogens with one attached hydrogen (secondary N) is 1. The zero-order valence-electron chi connectivity index (χ0n) is 12.7. The number of rotatable bonds is 3. The van der Waals surface area contributed by atoms with E-state index in [4.69, 9.17) is 0 Å². The van der Waals surface area contributed by atoms with Crippen molar-refractivity contribution in [3.8, 4) is 0 Å². The number of thiophene rings is 1. The molecule has 5 heteroatoms. The number of hydrogen-bond acceptors (Lipinski definition) is 4. The molecular weight excluding hydrogens is 370 g/mol. The fraction of sp³-hybridized carbons (Fsp3) is 0.278. The van der Waals surface area contributed by atoms with Crippen LogP contribution in [0.3, 0.4) is 0 Å². The minimum atomic E-state index is 0.325. The smallest absolute Gasteiger partial charge is 0.0702 e. The van der Waals surface area contributed by atoms with Crippen LogP contribution in [0.5, 0.6) is 0 Å². The van der Waals surface area contributed by atoms with Crippen LogP contribution in [0.25, 0.3) is 10.8 Å². The lowest BCUT2D eigenvalue weighted by atomic mass is 10.00. The first-order valence-electron chi connectivity index (χ1n) is 7.85. The number of piperazine rings is 1. The SMILES string of the molecule is Brc1ccc(C(c2ccc3cnccc3c2)N2CCNCC2)s1. The molecule has 1 unspecified atom stereocenters. The van der Waals surface area contributed by atoms with Gasteiger partial charge in [0.2, 0.25) is 0 Å². The first-order chi connectivity index (χ1) is 11.3. The second kappa shape index (κ2) is 6.69. The van der Waals surface area contributed by atoms with Gasteiger partial charge in [0.05, 0.1) is 9.83 Å². The number of hydrogen-bond donors (Lipinski definition) is 1. The average Bonchev–Trinajstić information content (AvgIpc) is 3.02. The second-order valence-electron chi connectivity index (χ2n) is 5.81. The molecule has 0 radical (unpaired) electrons. The number of nitrogens with zero attached hydrogens (tertiary/aromatic N) is 2. The van der Waals surface area contributed by atoms with Gasteiger partial charge >= 0.3 is 0 Å². The zero-order valence-corrected chi connectivity index (χ0v) is 15.1. The van der Waals surface area contributed by atoms with Crippen LogP contribution >= 0.6 is 27.3 Å². The summed E-state index contributed by atoms with van der Waals surface area (Å²) >= 11 is 5.45. The number of aromatic nitrogens is 1. The van der Waals surface area contributed by atoms with E-state index < -0.39 is 0 Å². The van der Waals surface area contributed by atoms with Gasteiger partial charge in [0.15, 0.2) is 0 Å². The van der Waals surface area contributed by atoms with Gasteiger partial charge in [0.1, 0.15) is 0 Å². The Kier molecular flexibility index (Phi) is 4.44. The van der Waals surface area contributed by atoms with Crippen LogP contribution < -0.4 is 5.32 Å². The summed E-state index contributed by atoms with van der Waals surface area (Å²) in [5.74, 6) is 0. The Morgan fingerprint density at radius 1 is 1.09 bits per heavy atom. The maximum atomic E-state index is 4.22. The van der Waals surface area contributed by atoms with Gasteiger partial charge in [-0.3, -0.25) is 9.88 Å². The van der Waals surface area contributed by atoms with E-state index in [1.165, 1.54) is 25.0 Å². The summed E-state index contributed by atoms with van der Waals surface area (Å²) in [6, 6.07) is 13.6. The van der Waals surface area contributed by atoms with Gasteiger partial charge in [-0.15, -0.1) is 11.3 Å². The molecular formula is C18H18BrN3S. The molecule has 1 N–H and O–H groups in total. The highest BCUT2D eigenvalue weighted by molar-refractivity contribution is 9.11. The molecule has 1 saturated heterocycles. The van der Waals surface area contributed by atoms with Gasteiger partial charge in [-0.05, 0) is 51.1 Å². The number of benzene rings is 1. The molecule has 23 heavy (non-hydrogen) atoms. The van der Waals surface area contributed by atoms with Crippen LogP contribution in [0.2, 0.25) is 0 Å². The Morgan fingerprint density at radius 2 is 1.96 bits per heavy atom. The molecule has 1 aromatic carbocycles. The van der Waals surface area contributed by atoms with Crippen molar-refractivity contribution in [3.63, 3.8) is 0 Å². The molecule has 3 nitrogen and oxygen atoms in total. The van der Waals surface area contributed by atoms with Crippen molar-refractivity contribution in [2.24, 2.45) is 0 Å². The molecule has 0 saturated carbocycles. The highest BCUT2D eigenvalue weighted by Gasteiger charge is 2.25. The first kappa shape index (κ1) is 15.3. The number of pyridine rings is 1. The minimum Gasteiger partial charge on any atom is -0.314 e. The van der Waals surface area contributed by atoms with E-state index in [0.29, 0.717) is 6.04 Å². The van der Waals surface area contributed by atoms with E-state index in [0.717, 1.165) is 26.2 Å². The molecule has 1 fully saturated rings. The zero-order chi connectivity index (χ0) is 15.6. The number of halogens is 1. The third kappa shape index (κ3) is 3.19. The third-order valence-electron chi connectivity index (χ3n) is 4.36. The maximum absolute atomic E-state index is 4.22. The van der Waals surface area contributed by atoms with Crippen LogP contribution in [-0.2, 0) is 0 Å². The molecule has 1 aliphatic heterocycles. The maximum Gasteiger partial charge on any atom is 0.0702 e. The second-order valence-corrected chi connectivity index (χ2v) is 8.31. The monoisotopic (exact) mass is 387 g/mol. The quantitative estimate of drug-likeness (QED) is 0.734. The predicted octanol–water partition coefficient (Wildman–Crippen LogP) is 4.05. The molecule has 1 aliphatic rings. The summed E-state index contributed by atoms with van der Waals surface area (Å²) in [5.41, 5.74) is 1.36. The van der Waals surface area contributed by atoms with Crippen LogP contribution in [0, 0.1) is 0 Å². The van der Waals surface area contributed by atoms with Crippen LogP contribution in [0.15, 0.2) is 52.6 Å². The molecule has 2 aromatic heterocycles. The van der Waals surface area contributed by atoms with Crippen molar-refractivity contribution >= 4 is 38.0 Å². The molecule has 0 bridgehead atoms. The van der Waals surface area contributed by atoms with E-state index in [1.807, 2.05) is 23.7 Å². The van der Waals surface area contributed by atoms with Crippen molar-refractivity contribution < 1.29 is 0 Å². The highest BCUT2D eigenvalue weighted by Crippen LogP contribution is 2.36. The lowest BCUT2D eigenvalue weighted by molar-refractivity contribution is 0.201. The summed E-state index contributed by atoms with van der Waals surface area (Å²) < 4.78 is 1.19. The lowest BCUT2D eigenvalue weighted by Gasteiger charge is -2.35. The van der Waals surface area contributed by atoms with Crippen molar-refractivity contribution in [1.82, 2.24) is 15.2 Å². The summed E-state index contributed by atoms with van der Waals surface area (Å²) in [6.45, 7) is 4.27. The van der Waals surface area contributed by atoms with Gasteiger partial charge < -0.3 is 5.32 Å². The van der Waals surface area contributed by atoms with E-state index >= 15 is 0 Å². The van der Waals surface area contributed by atoms with Crippen molar-refractivity contribution in [3.05, 3.63) is 63.0 Å². The molecule has 4 rings (SSSR count). The van der Waals surface area contributed by atoms with Crippen molar-refractivity contribution in [1.29, 1.82) is 0 Å². The molecule has 0 amide bonds. The fourth-order valence-electron chi connectivity index (χ4n) is 3.24. The molecule has 3 heterocycles. The number of fused-ring (bicyclic) bond motifs is 1. The third-order valence-corrected chi connectivity index (χ3v) is 6.04. The highest BCUT2D eigenvalue weighted by atomic mass is 79.9. The fourth-order valence-corrected chi connectivity index (χ4v) is 4.83. The van der Waals surface area contributed by atoms with Gasteiger partial charge in [-0.25, -0.2) is 0 Å². The summed E-state index contributed by atoms with van der Waals surface area (Å²) in [6.07, 6.45) is 3.80. The van der Waals surface area contributed by atoms with Crippen LogP contribution in [0.4, 0.5) is 0 Å². The van der Waals surface area contributed by atoms with Crippen LogP contribution in [-0.4, -0.2) is 36.1 Å². The Morgan fingerprint density at radius 3 is 2.74 bits per heavy atom. The summed E-state index contributed by atoms with van der Waals surface area (Å²) in [4.78, 5) is 8.19. The van der Waals surface area contributed by atoms with Gasteiger partial charge in [0.25, 0.3) is 0 Å². The Hall–Kier alpha value is -1.27. The van der Waals surface area contributed by atoms with E-state index in [1.54, 1.807) is 0 Å². The van der Waals surface area contributed by atoms with Crippen molar-refractivity contribution in [2.45, 2.75) is 6.04 Å². The van der Waals surface area contributed by atoms with Gasteiger partial charge in [0, 0.05) is 48.8 Å². The van der Waals surface area contributed by atoms with Crippen molar-refractivity contribution in [2.75, 3.05) is 26.2 Å². The first-order valence-corrected chi connectivity index (χ1v) is 9.46. The largest absolute Gasteiger partial charge is 0.314 e. The predicted molar refractivity (Wildman–Crippen MR) is 100 cm³/mol. The Bertz CT molecular complexity index is 811. The molecule has 118 valence electrons. The molecule has 0 spiro atoms. The summed E-state index contributed by atoms with van der Waals surface area (Å²) in [5, 5.41) is 5.91. The van der Waals surface area contributed by atoms with E-state index in [-0.39, 0.29) is 0 Å². The average molecular weight is 388 g/mol. The van der Waals surface area contributed by atoms with Gasteiger partial charge in [-0.2, -0.15) is 0 Å². The van der Waals surface area contributed by atoms with E-state index in [2.05, 4.69) is 67.5 Å². The molecule has 3 aromatic rings.